The van der Waals surface area contributed by atoms with Gasteiger partial charge in [-0.05, 0) is 43.7 Å². The second-order valence-electron chi connectivity index (χ2n) is 7.74. The van der Waals surface area contributed by atoms with Gasteiger partial charge >= 0.3 is 0 Å². The Balaban J connectivity index is 1.56. The van der Waals surface area contributed by atoms with Crippen molar-refractivity contribution in [1.29, 1.82) is 0 Å². The fourth-order valence-electron chi connectivity index (χ4n) is 4.17. The molecule has 2 amide bonds. The number of hydrogen-bond donors (Lipinski definition) is 1. The molecule has 0 saturated carbocycles. The average molecular weight is 361 g/mol. The van der Waals surface area contributed by atoms with Gasteiger partial charge in [0.05, 0.1) is 0 Å². The number of rotatable bonds is 4. The van der Waals surface area contributed by atoms with Gasteiger partial charge in [-0.1, -0.05) is 13.8 Å². The van der Waals surface area contributed by atoms with Crippen LogP contribution in [0.15, 0.2) is 16.5 Å². The van der Waals surface area contributed by atoms with E-state index in [-0.39, 0.29) is 23.8 Å². The van der Waals surface area contributed by atoms with E-state index in [0.717, 1.165) is 44.4 Å². The molecule has 2 saturated heterocycles. The fraction of sp³-hybridized carbons (Fsp3) is 0.700. The molecular weight excluding hydrogens is 330 g/mol. The van der Waals surface area contributed by atoms with Crippen LogP contribution < -0.4 is 5.73 Å². The third kappa shape index (κ3) is 3.95. The molecule has 144 valence electrons. The number of carbonyl (C=O) groups excluding carboxylic acids is 2. The summed E-state index contributed by atoms with van der Waals surface area (Å²) in [6, 6.07) is 3.77. The van der Waals surface area contributed by atoms with Crippen molar-refractivity contribution in [3.63, 3.8) is 0 Å². The Hall–Kier alpha value is -1.82. The van der Waals surface area contributed by atoms with E-state index < -0.39 is 0 Å². The van der Waals surface area contributed by atoms with E-state index in [0.29, 0.717) is 31.3 Å². The van der Waals surface area contributed by atoms with Crippen LogP contribution in [0.3, 0.4) is 0 Å². The number of carbonyl (C=O) groups is 2. The number of furan rings is 1. The molecule has 2 N–H and O–H groups in total. The molecule has 1 aromatic rings. The van der Waals surface area contributed by atoms with E-state index in [2.05, 4.69) is 6.92 Å². The maximum Gasteiger partial charge on any atom is 0.289 e. The van der Waals surface area contributed by atoms with Crippen LogP contribution in [0.1, 0.15) is 55.8 Å². The Bertz CT molecular complexity index is 634. The van der Waals surface area contributed by atoms with Crippen molar-refractivity contribution in [1.82, 2.24) is 9.80 Å². The average Bonchev–Trinajstić information content (AvgIpc) is 3.16. The van der Waals surface area contributed by atoms with Gasteiger partial charge in [-0.15, -0.1) is 0 Å². The quantitative estimate of drug-likeness (QED) is 0.892. The summed E-state index contributed by atoms with van der Waals surface area (Å²) in [4.78, 5) is 29.3. The summed E-state index contributed by atoms with van der Waals surface area (Å²) in [5.41, 5.74) is 5.91. The summed E-state index contributed by atoms with van der Waals surface area (Å²) in [5.74, 6) is 2.02. The Morgan fingerprint density at radius 2 is 1.92 bits per heavy atom. The third-order valence-electron chi connectivity index (χ3n) is 5.89. The van der Waals surface area contributed by atoms with Gasteiger partial charge in [0.1, 0.15) is 5.76 Å². The van der Waals surface area contributed by atoms with Crippen molar-refractivity contribution < 1.29 is 14.0 Å². The zero-order valence-electron chi connectivity index (χ0n) is 15.9. The molecule has 26 heavy (non-hydrogen) atoms. The van der Waals surface area contributed by atoms with Gasteiger partial charge in [0, 0.05) is 44.6 Å². The lowest BCUT2D eigenvalue weighted by Gasteiger charge is -2.41. The number of piperidine rings is 2. The molecule has 0 bridgehead atoms. The predicted octanol–water partition coefficient (Wildman–Crippen LogP) is 2.28. The van der Waals surface area contributed by atoms with Crippen LogP contribution in [0.25, 0.3) is 0 Å². The molecule has 0 aromatic carbocycles. The molecule has 2 unspecified atom stereocenters. The Morgan fingerprint density at radius 3 is 2.54 bits per heavy atom. The lowest BCUT2D eigenvalue weighted by Crippen LogP contribution is -2.52. The van der Waals surface area contributed by atoms with E-state index >= 15 is 0 Å². The lowest BCUT2D eigenvalue weighted by molar-refractivity contribution is -0.141. The van der Waals surface area contributed by atoms with Crippen molar-refractivity contribution in [3.05, 3.63) is 23.7 Å². The number of aryl methyl sites for hydroxylation is 1. The summed E-state index contributed by atoms with van der Waals surface area (Å²) in [6.07, 6.45) is 4.26. The zero-order chi connectivity index (χ0) is 18.7. The van der Waals surface area contributed by atoms with E-state index in [1.807, 2.05) is 17.9 Å². The molecule has 6 nitrogen and oxygen atoms in total. The number of likely N-dealkylation sites (tertiary alicyclic amines) is 2. The normalized spacial score (nSPS) is 24.7. The first kappa shape index (κ1) is 19.0. The zero-order valence-corrected chi connectivity index (χ0v) is 15.9. The molecule has 3 heterocycles. The van der Waals surface area contributed by atoms with E-state index in [1.165, 1.54) is 0 Å². The van der Waals surface area contributed by atoms with Crippen LogP contribution in [-0.4, -0.2) is 53.8 Å². The van der Waals surface area contributed by atoms with Gasteiger partial charge in [0.25, 0.3) is 5.91 Å². The van der Waals surface area contributed by atoms with Gasteiger partial charge < -0.3 is 20.0 Å². The lowest BCUT2D eigenvalue weighted by atomic mass is 9.89. The van der Waals surface area contributed by atoms with Crippen LogP contribution in [0.5, 0.6) is 0 Å². The highest BCUT2D eigenvalue weighted by Crippen LogP contribution is 2.27. The Morgan fingerprint density at radius 1 is 1.19 bits per heavy atom. The van der Waals surface area contributed by atoms with Gasteiger partial charge in [-0.3, -0.25) is 9.59 Å². The van der Waals surface area contributed by atoms with Crippen molar-refractivity contribution in [2.75, 3.05) is 26.2 Å². The first-order valence-electron chi connectivity index (χ1n) is 9.92. The summed E-state index contributed by atoms with van der Waals surface area (Å²) >= 11 is 0. The van der Waals surface area contributed by atoms with Crippen LogP contribution in [0.2, 0.25) is 0 Å². The second-order valence-corrected chi connectivity index (χ2v) is 7.74. The van der Waals surface area contributed by atoms with Crippen molar-refractivity contribution >= 4 is 11.8 Å². The Labute approximate surface area is 155 Å². The molecule has 3 rings (SSSR count). The number of hydrogen-bond acceptors (Lipinski definition) is 4. The largest absolute Gasteiger partial charge is 0.456 e. The van der Waals surface area contributed by atoms with Crippen LogP contribution in [-0.2, 0) is 11.2 Å². The van der Waals surface area contributed by atoms with Gasteiger partial charge in [0.15, 0.2) is 5.76 Å². The van der Waals surface area contributed by atoms with Gasteiger partial charge in [0.2, 0.25) is 5.91 Å². The van der Waals surface area contributed by atoms with Crippen molar-refractivity contribution in [2.24, 2.45) is 17.6 Å². The Kier molecular flexibility index (Phi) is 6.01. The van der Waals surface area contributed by atoms with Crippen molar-refractivity contribution in [3.8, 4) is 0 Å². The number of nitrogens with two attached hydrogens (primary N) is 1. The third-order valence-corrected chi connectivity index (χ3v) is 5.89. The van der Waals surface area contributed by atoms with Crippen LogP contribution in [0, 0.1) is 11.8 Å². The number of amides is 2. The highest BCUT2D eigenvalue weighted by atomic mass is 16.4. The van der Waals surface area contributed by atoms with Crippen LogP contribution >= 0.6 is 0 Å². The minimum atomic E-state index is -0.0674. The van der Waals surface area contributed by atoms with Gasteiger partial charge in [-0.2, -0.15) is 0 Å². The molecule has 1 aromatic heterocycles. The van der Waals surface area contributed by atoms with Crippen LogP contribution in [0.4, 0.5) is 0 Å². The van der Waals surface area contributed by atoms with Gasteiger partial charge in [-0.25, -0.2) is 0 Å². The first-order valence-corrected chi connectivity index (χ1v) is 9.92. The summed E-state index contributed by atoms with van der Waals surface area (Å²) < 4.78 is 5.58. The molecule has 2 aliphatic rings. The molecule has 6 heteroatoms. The monoisotopic (exact) mass is 361 g/mol. The van der Waals surface area contributed by atoms with E-state index in [4.69, 9.17) is 10.2 Å². The minimum absolute atomic E-state index is 0.00399. The van der Waals surface area contributed by atoms with E-state index in [1.54, 1.807) is 11.0 Å². The standard InChI is InChI=1S/C20H31N3O3/c1-3-17-4-5-18(26-17)20(25)22-9-7-15(8-10-22)19(24)23-11-6-14(2)12-16(23)13-21/h4-5,14-16H,3,6-13,21H2,1-2H3. The van der Waals surface area contributed by atoms with E-state index in [9.17, 15) is 9.59 Å². The summed E-state index contributed by atoms with van der Waals surface area (Å²) in [6.45, 7) is 6.79. The molecule has 0 spiro atoms. The minimum Gasteiger partial charge on any atom is -0.456 e. The maximum atomic E-state index is 13.0. The topological polar surface area (TPSA) is 79.8 Å². The molecule has 2 aliphatic heterocycles. The molecule has 2 atom stereocenters. The fourth-order valence-corrected chi connectivity index (χ4v) is 4.17. The predicted molar refractivity (Wildman–Crippen MR) is 99.7 cm³/mol. The molecular formula is C20H31N3O3. The summed E-state index contributed by atoms with van der Waals surface area (Å²) in [5, 5.41) is 0. The molecule has 0 radical (unpaired) electrons. The smallest absolute Gasteiger partial charge is 0.289 e. The van der Waals surface area contributed by atoms with Crippen molar-refractivity contribution in [2.45, 2.75) is 52.0 Å². The molecule has 2 fully saturated rings. The highest BCUT2D eigenvalue weighted by molar-refractivity contribution is 5.91. The first-order chi connectivity index (χ1) is 12.5. The molecule has 0 aliphatic carbocycles. The number of nitrogens with zero attached hydrogens (tertiary/aromatic N) is 2. The SMILES string of the molecule is CCc1ccc(C(=O)N2CCC(C(=O)N3CCC(C)CC3CN)CC2)o1. The summed E-state index contributed by atoms with van der Waals surface area (Å²) in [7, 11) is 0. The second kappa shape index (κ2) is 8.25. The highest BCUT2D eigenvalue weighted by Gasteiger charge is 2.35. The maximum absolute atomic E-state index is 13.0.